The van der Waals surface area contributed by atoms with Crippen LogP contribution in [-0.2, 0) is 0 Å². The summed E-state index contributed by atoms with van der Waals surface area (Å²) in [6.07, 6.45) is 7.91. The first-order valence-corrected chi connectivity index (χ1v) is 12.4. The van der Waals surface area contributed by atoms with Crippen molar-refractivity contribution in [3.05, 3.63) is 82.9 Å². The molecule has 1 aliphatic carbocycles. The molecule has 3 aromatic rings. The van der Waals surface area contributed by atoms with Gasteiger partial charge in [0, 0.05) is 29.3 Å². The average molecular weight is 475 g/mol. The quantitative estimate of drug-likeness (QED) is 0.477. The normalized spacial score (nSPS) is 21.0. The second kappa shape index (κ2) is 9.22. The average Bonchev–Trinajstić information content (AvgIpc) is 3.35. The fraction of sp³-hybridized carbons (Fsp3) is 0.370. The van der Waals surface area contributed by atoms with Crippen LogP contribution in [0.15, 0.2) is 54.7 Å². The van der Waals surface area contributed by atoms with Crippen molar-refractivity contribution in [1.29, 1.82) is 0 Å². The molecule has 1 aromatic carbocycles. The standard InChI is InChI=1S/C27H30N4O2S/c1-17-16-22(18(2)30(17)21-13-11-19(12-14-21)26(32)33)25-24(23-10-6-7-15-28-23)29-27(34)31(25)20-8-4-3-5-9-20/h6-7,10-16,20,24-25H,3-5,8-9H2,1-2H3,(H,29,34)(H,32,33). The van der Waals surface area contributed by atoms with E-state index in [2.05, 4.69) is 45.7 Å². The number of hydrogen-bond donors (Lipinski definition) is 2. The molecular formula is C27H30N4O2S. The summed E-state index contributed by atoms with van der Waals surface area (Å²) in [4.78, 5) is 18.4. The van der Waals surface area contributed by atoms with Gasteiger partial charge in [-0.25, -0.2) is 4.79 Å². The minimum atomic E-state index is -0.917. The molecule has 7 heteroatoms. The van der Waals surface area contributed by atoms with Gasteiger partial charge in [0.1, 0.15) is 0 Å². The first kappa shape index (κ1) is 22.6. The summed E-state index contributed by atoms with van der Waals surface area (Å²) in [5.74, 6) is -0.917. The fourth-order valence-electron chi connectivity index (χ4n) is 5.69. The molecule has 176 valence electrons. The van der Waals surface area contributed by atoms with Crippen LogP contribution in [0.1, 0.15) is 77.2 Å². The number of aromatic carboxylic acids is 1. The molecule has 2 fully saturated rings. The third-order valence-electron chi connectivity index (χ3n) is 7.26. The van der Waals surface area contributed by atoms with Crippen LogP contribution in [0, 0.1) is 13.8 Å². The molecule has 34 heavy (non-hydrogen) atoms. The summed E-state index contributed by atoms with van der Waals surface area (Å²) < 4.78 is 2.21. The number of hydrogen-bond acceptors (Lipinski definition) is 3. The molecule has 0 spiro atoms. The number of carboxylic acids is 1. The number of aryl methyl sites for hydroxylation is 1. The van der Waals surface area contributed by atoms with Gasteiger partial charge < -0.3 is 19.9 Å². The van der Waals surface area contributed by atoms with E-state index in [0.717, 1.165) is 40.7 Å². The maximum atomic E-state index is 11.3. The Morgan fingerprint density at radius 1 is 1.09 bits per heavy atom. The molecule has 0 amide bonds. The van der Waals surface area contributed by atoms with Crippen molar-refractivity contribution in [2.75, 3.05) is 0 Å². The van der Waals surface area contributed by atoms with E-state index in [1.165, 1.54) is 24.8 Å². The van der Waals surface area contributed by atoms with Gasteiger partial charge in [0.05, 0.1) is 23.3 Å². The van der Waals surface area contributed by atoms with Crippen LogP contribution >= 0.6 is 12.2 Å². The Labute approximate surface area is 205 Å². The molecule has 6 nitrogen and oxygen atoms in total. The second-order valence-electron chi connectivity index (χ2n) is 9.34. The van der Waals surface area contributed by atoms with E-state index in [9.17, 15) is 9.90 Å². The zero-order chi connectivity index (χ0) is 23.8. The van der Waals surface area contributed by atoms with Gasteiger partial charge >= 0.3 is 5.97 Å². The number of pyridine rings is 1. The van der Waals surface area contributed by atoms with Crippen molar-refractivity contribution >= 4 is 23.3 Å². The Morgan fingerprint density at radius 3 is 2.47 bits per heavy atom. The molecule has 5 rings (SSSR count). The third-order valence-corrected chi connectivity index (χ3v) is 7.59. The summed E-state index contributed by atoms with van der Waals surface area (Å²) in [5, 5.41) is 13.7. The van der Waals surface area contributed by atoms with Crippen LogP contribution in [-0.4, -0.2) is 36.7 Å². The van der Waals surface area contributed by atoms with Crippen molar-refractivity contribution in [3.8, 4) is 5.69 Å². The highest BCUT2D eigenvalue weighted by molar-refractivity contribution is 7.80. The van der Waals surface area contributed by atoms with Gasteiger partial charge in [-0.2, -0.15) is 0 Å². The number of aromatic nitrogens is 2. The molecule has 1 aliphatic heterocycles. The molecule has 2 aromatic heterocycles. The zero-order valence-electron chi connectivity index (χ0n) is 19.6. The van der Waals surface area contributed by atoms with Crippen LogP contribution in [0.3, 0.4) is 0 Å². The first-order valence-electron chi connectivity index (χ1n) is 12.0. The van der Waals surface area contributed by atoms with Gasteiger partial charge in [0.15, 0.2) is 5.11 Å². The Bertz CT molecular complexity index is 1200. The summed E-state index contributed by atoms with van der Waals surface area (Å²) in [6, 6.07) is 15.8. The number of benzene rings is 1. The van der Waals surface area contributed by atoms with E-state index in [1.54, 1.807) is 12.1 Å². The lowest BCUT2D eigenvalue weighted by Gasteiger charge is -2.37. The molecular weight excluding hydrogens is 444 g/mol. The summed E-state index contributed by atoms with van der Waals surface area (Å²) >= 11 is 5.92. The van der Waals surface area contributed by atoms with Crippen LogP contribution < -0.4 is 5.32 Å². The van der Waals surface area contributed by atoms with E-state index in [1.807, 2.05) is 30.5 Å². The largest absolute Gasteiger partial charge is 0.478 e. The van der Waals surface area contributed by atoms with E-state index in [-0.39, 0.29) is 17.6 Å². The summed E-state index contributed by atoms with van der Waals surface area (Å²) in [5.41, 5.74) is 5.71. The number of carbonyl (C=O) groups is 1. The second-order valence-corrected chi connectivity index (χ2v) is 9.73. The molecule has 0 bridgehead atoms. The minimum Gasteiger partial charge on any atom is -0.478 e. The molecule has 1 saturated carbocycles. The van der Waals surface area contributed by atoms with Gasteiger partial charge in [-0.3, -0.25) is 4.98 Å². The van der Waals surface area contributed by atoms with Gasteiger partial charge in [-0.05, 0) is 86.9 Å². The Balaban J connectivity index is 1.60. The first-order chi connectivity index (χ1) is 16.5. The Kier molecular flexibility index (Phi) is 6.13. The van der Waals surface area contributed by atoms with E-state index in [4.69, 9.17) is 12.2 Å². The van der Waals surface area contributed by atoms with Gasteiger partial charge in [-0.1, -0.05) is 25.3 Å². The lowest BCUT2D eigenvalue weighted by atomic mass is 9.90. The highest BCUT2D eigenvalue weighted by atomic mass is 32.1. The maximum Gasteiger partial charge on any atom is 0.335 e. The van der Waals surface area contributed by atoms with Crippen molar-refractivity contribution in [2.24, 2.45) is 0 Å². The highest BCUT2D eigenvalue weighted by Crippen LogP contribution is 2.44. The number of carboxylic acid groups (broad SMARTS) is 1. The van der Waals surface area contributed by atoms with Crippen molar-refractivity contribution in [1.82, 2.24) is 19.8 Å². The molecule has 2 atom stereocenters. The predicted octanol–water partition coefficient (Wildman–Crippen LogP) is 5.49. The van der Waals surface area contributed by atoms with Crippen LogP contribution in [0.2, 0.25) is 0 Å². The lowest BCUT2D eigenvalue weighted by molar-refractivity contribution is 0.0697. The number of nitrogens with one attached hydrogen (secondary N) is 1. The number of nitrogens with zero attached hydrogens (tertiary/aromatic N) is 3. The van der Waals surface area contributed by atoms with E-state index < -0.39 is 5.97 Å². The number of rotatable bonds is 5. The van der Waals surface area contributed by atoms with Gasteiger partial charge in [0.25, 0.3) is 0 Å². The van der Waals surface area contributed by atoms with Gasteiger partial charge in [-0.15, -0.1) is 0 Å². The monoisotopic (exact) mass is 474 g/mol. The van der Waals surface area contributed by atoms with E-state index in [0.29, 0.717) is 6.04 Å². The smallest absolute Gasteiger partial charge is 0.335 e. The molecule has 2 N–H and O–H groups in total. The fourth-order valence-corrected chi connectivity index (χ4v) is 6.08. The highest BCUT2D eigenvalue weighted by Gasteiger charge is 2.44. The van der Waals surface area contributed by atoms with Crippen molar-refractivity contribution in [3.63, 3.8) is 0 Å². The summed E-state index contributed by atoms with van der Waals surface area (Å²) in [7, 11) is 0. The van der Waals surface area contributed by atoms with Crippen LogP contribution in [0.5, 0.6) is 0 Å². The number of thiocarbonyl (C=S) groups is 1. The van der Waals surface area contributed by atoms with Gasteiger partial charge in [0.2, 0.25) is 0 Å². The molecule has 0 radical (unpaired) electrons. The zero-order valence-corrected chi connectivity index (χ0v) is 20.4. The van der Waals surface area contributed by atoms with E-state index >= 15 is 0 Å². The van der Waals surface area contributed by atoms with Crippen LogP contribution in [0.25, 0.3) is 5.69 Å². The van der Waals surface area contributed by atoms with Crippen molar-refractivity contribution < 1.29 is 9.90 Å². The molecule has 1 saturated heterocycles. The summed E-state index contributed by atoms with van der Waals surface area (Å²) in [6.45, 7) is 4.24. The molecule has 3 heterocycles. The Morgan fingerprint density at radius 2 is 1.82 bits per heavy atom. The molecule has 2 aliphatic rings. The molecule has 2 unspecified atom stereocenters. The maximum absolute atomic E-state index is 11.3. The SMILES string of the molecule is Cc1cc(C2C(c3ccccn3)NC(=S)N2C2CCCCC2)c(C)n1-c1ccc(C(=O)O)cc1. The topological polar surface area (TPSA) is 70.4 Å². The minimum absolute atomic E-state index is 0.0287. The predicted molar refractivity (Wildman–Crippen MR) is 136 cm³/mol. The van der Waals surface area contributed by atoms with Crippen LogP contribution in [0.4, 0.5) is 0 Å². The Hall–Kier alpha value is -3.19. The third kappa shape index (κ3) is 3.98. The van der Waals surface area contributed by atoms with Crippen molar-refractivity contribution in [2.45, 2.75) is 64.1 Å². The lowest BCUT2D eigenvalue weighted by Crippen LogP contribution is -2.40.